The molecule has 1 aliphatic rings. The Bertz CT molecular complexity index is 1030. The van der Waals surface area contributed by atoms with Crippen molar-refractivity contribution < 1.29 is 19.4 Å². The maximum atomic E-state index is 12.4. The number of carbonyl (C=O) groups is 2. The number of nitrogens with one attached hydrogen (secondary N) is 1. The second-order valence-corrected chi connectivity index (χ2v) is 7.31. The minimum Gasteiger partial charge on any atom is -0.480 e. The number of nitrogens with two attached hydrogens (primary N) is 1. The number of nitrogen functional groups attached to an aromatic ring is 1. The first-order valence-electron chi connectivity index (χ1n) is 9.71. The predicted octanol–water partition coefficient (Wildman–Crippen LogP) is 3.80. The molecule has 6 nitrogen and oxygen atoms in total. The van der Waals surface area contributed by atoms with Crippen LogP contribution < -0.4 is 11.1 Å². The molecule has 3 aromatic carbocycles. The molecule has 30 heavy (non-hydrogen) atoms. The lowest BCUT2D eigenvalue weighted by atomic mass is 9.98. The Morgan fingerprint density at radius 1 is 0.933 bits per heavy atom. The van der Waals surface area contributed by atoms with Gasteiger partial charge in [-0.15, -0.1) is 0 Å². The van der Waals surface area contributed by atoms with Crippen LogP contribution in [0.25, 0.3) is 11.1 Å². The van der Waals surface area contributed by atoms with Gasteiger partial charge in [0.25, 0.3) is 0 Å². The zero-order chi connectivity index (χ0) is 21.1. The molecule has 0 bridgehead atoms. The van der Waals surface area contributed by atoms with Crippen molar-refractivity contribution in [3.63, 3.8) is 0 Å². The van der Waals surface area contributed by atoms with Gasteiger partial charge in [0.2, 0.25) is 0 Å². The van der Waals surface area contributed by atoms with Crippen LogP contribution in [0.3, 0.4) is 0 Å². The molecule has 1 aliphatic carbocycles. The number of hydrogen-bond donors (Lipinski definition) is 3. The van der Waals surface area contributed by atoms with E-state index in [2.05, 4.69) is 17.4 Å². The summed E-state index contributed by atoms with van der Waals surface area (Å²) in [5.41, 5.74) is 11.5. The van der Waals surface area contributed by atoms with Crippen molar-refractivity contribution >= 4 is 17.7 Å². The lowest BCUT2D eigenvalue weighted by Crippen LogP contribution is -2.42. The average molecular weight is 402 g/mol. The highest BCUT2D eigenvalue weighted by Gasteiger charge is 2.29. The van der Waals surface area contributed by atoms with E-state index in [1.165, 1.54) is 0 Å². The fourth-order valence-corrected chi connectivity index (χ4v) is 3.87. The Labute approximate surface area is 174 Å². The lowest BCUT2D eigenvalue weighted by molar-refractivity contribution is -0.139. The second kappa shape index (κ2) is 8.29. The fraction of sp³-hybridized carbons (Fsp3) is 0.167. The molecule has 0 aliphatic heterocycles. The van der Waals surface area contributed by atoms with Crippen molar-refractivity contribution in [2.24, 2.45) is 0 Å². The minimum atomic E-state index is -1.12. The number of carboxylic acid groups (broad SMARTS) is 1. The number of carbonyl (C=O) groups excluding carboxylic acids is 1. The van der Waals surface area contributed by atoms with E-state index in [-0.39, 0.29) is 18.9 Å². The van der Waals surface area contributed by atoms with Gasteiger partial charge in [-0.05, 0) is 39.9 Å². The molecule has 1 amide bonds. The van der Waals surface area contributed by atoms with E-state index in [4.69, 9.17) is 10.5 Å². The SMILES string of the molecule is Nc1ccc(CC(NC(=O)OCC2c3ccccc3-c3ccccc32)C(=O)O)cc1. The molecule has 1 unspecified atom stereocenters. The molecule has 1 atom stereocenters. The molecule has 0 radical (unpaired) electrons. The Morgan fingerprint density at radius 3 is 2.07 bits per heavy atom. The van der Waals surface area contributed by atoms with Crippen molar-refractivity contribution in [1.29, 1.82) is 0 Å². The van der Waals surface area contributed by atoms with Crippen LogP contribution in [-0.4, -0.2) is 29.8 Å². The van der Waals surface area contributed by atoms with E-state index in [0.717, 1.165) is 27.8 Å². The van der Waals surface area contributed by atoms with Gasteiger partial charge in [-0.1, -0.05) is 60.7 Å². The Morgan fingerprint density at radius 2 is 1.50 bits per heavy atom. The number of rotatable bonds is 6. The molecule has 3 aromatic rings. The van der Waals surface area contributed by atoms with Gasteiger partial charge in [0, 0.05) is 18.0 Å². The number of ether oxygens (including phenoxy) is 1. The maximum Gasteiger partial charge on any atom is 0.407 e. The van der Waals surface area contributed by atoms with Gasteiger partial charge in [-0.3, -0.25) is 0 Å². The summed E-state index contributed by atoms with van der Waals surface area (Å²) in [6.07, 6.45) is -0.612. The van der Waals surface area contributed by atoms with Gasteiger partial charge < -0.3 is 20.9 Å². The van der Waals surface area contributed by atoms with E-state index in [9.17, 15) is 14.7 Å². The van der Waals surface area contributed by atoms with Gasteiger partial charge in [0.1, 0.15) is 12.6 Å². The molecule has 0 heterocycles. The monoisotopic (exact) mass is 402 g/mol. The molecule has 0 saturated heterocycles. The van der Waals surface area contributed by atoms with Gasteiger partial charge in [-0.25, -0.2) is 9.59 Å². The molecular weight excluding hydrogens is 380 g/mol. The van der Waals surface area contributed by atoms with Gasteiger partial charge in [0.15, 0.2) is 0 Å². The predicted molar refractivity (Wildman–Crippen MR) is 114 cm³/mol. The Kier molecular flexibility index (Phi) is 5.39. The van der Waals surface area contributed by atoms with Gasteiger partial charge in [0.05, 0.1) is 0 Å². The molecule has 0 spiro atoms. The van der Waals surface area contributed by atoms with Crippen LogP contribution in [0.5, 0.6) is 0 Å². The van der Waals surface area contributed by atoms with Crippen LogP contribution in [0.4, 0.5) is 10.5 Å². The number of fused-ring (bicyclic) bond motifs is 3. The van der Waals surface area contributed by atoms with Crippen molar-refractivity contribution in [2.75, 3.05) is 12.3 Å². The quantitative estimate of drug-likeness (QED) is 0.544. The lowest BCUT2D eigenvalue weighted by Gasteiger charge is -2.17. The van der Waals surface area contributed by atoms with Gasteiger partial charge >= 0.3 is 12.1 Å². The van der Waals surface area contributed by atoms with Crippen LogP contribution in [0, 0.1) is 0 Å². The first-order valence-corrected chi connectivity index (χ1v) is 9.71. The Hall–Kier alpha value is -3.80. The average Bonchev–Trinajstić information content (AvgIpc) is 3.07. The summed E-state index contributed by atoms with van der Waals surface area (Å²) < 4.78 is 5.44. The number of carboxylic acids is 1. The summed E-state index contributed by atoms with van der Waals surface area (Å²) >= 11 is 0. The van der Waals surface area contributed by atoms with Crippen molar-refractivity contribution in [3.05, 3.63) is 89.5 Å². The number of benzene rings is 3. The summed E-state index contributed by atoms with van der Waals surface area (Å²) in [5, 5.41) is 11.9. The van der Waals surface area contributed by atoms with Crippen LogP contribution in [0.15, 0.2) is 72.8 Å². The molecule has 0 fully saturated rings. The first kappa shape index (κ1) is 19.5. The molecule has 0 saturated carbocycles. The molecule has 4 rings (SSSR count). The van der Waals surface area contributed by atoms with Crippen LogP contribution in [0.2, 0.25) is 0 Å². The van der Waals surface area contributed by atoms with Crippen molar-refractivity contribution in [3.8, 4) is 11.1 Å². The minimum absolute atomic E-state index is 0.0801. The molecular formula is C24H22N2O4. The number of amides is 1. The van der Waals surface area contributed by atoms with Crippen molar-refractivity contribution in [1.82, 2.24) is 5.32 Å². The third-order valence-corrected chi connectivity index (χ3v) is 5.35. The van der Waals surface area contributed by atoms with Crippen LogP contribution in [0.1, 0.15) is 22.6 Å². The highest BCUT2D eigenvalue weighted by Crippen LogP contribution is 2.44. The number of alkyl carbamates (subject to hydrolysis) is 1. The zero-order valence-electron chi connectivity index (χ0n) is 16.2. The third kappa shape index (κ3) is 3.98. The summed E-state index contributed by atoms with van der Waals surface area (Å²) in [7, 11) is 0. The second-order valence-electron chi connectivity index (χ2n) is 7.31. The molecule has 152 valence electrons. The zero-order valence-corrected chi connectivity index (χ0v) is 16.2. The Balaban J connectivity index is 1.43. The number of aliphatic carboxylic acids is 1. The standard InChI is InChI=1S/C24H22N2O4/c25-16-11-9-15(10-12-16)13-22(23(27)28)26-24(29)30-14-21-19-7-3-1-5-17(19)18-6-2-4-8-20(18)21/h1-12,21-22H,13-14,25H2,(H,26,29)(H,27,28). The maximum absolute atomic E-state index is 12.4. The highest BCUT2D eigenvalue weighted by molar-refractivity contribution is 5.81. The molecule has 6 heteroatoms. The number of hydrogen-bond acceptors (Lipinski definition) is 4. The number of anilines is 1. The smallest absolute Gasteiger partial charge is 0.407 e. The summed E-state index contributed by atoms with van der Waals surface area (Å²) in [5.74, 6) is -1.20. The first-order chi connectivity index (χ1) is 14.5. The van der Waals surface area contributed by atoms with Crippen molar-refractivity contribution in [2.45, 2.75) is 18.4 Å². The summed E-state index contributed by atoms with van der Waals surface area (Å²) in [6, 6.07) is 21.9. The van der Waals surface area contributed by atoms with E-state index >= 15 is 0 Å². The van der Waals surface area contributed by atoms with Gasteiger partial charge in [-0.2, -0.15) is 0 Å². The summed E-state index contributed by atoms with van der Waals surface area (Å²) in [4.78, 5) is 24.0. The van der Waals surface area contributed by atoms with E-state index in [1.54, 1.807) is 24.3 Å². The topological polar surface area (TPSA) is 102 Å². The van der Waals surface area contributed by atoms with E-state index in [0.29, 0.717) is 5.69 Å². The largest absolute Gasteiger partial charge is 0.480 e. The third-order valence-electron chi connectivity index (χ3n) is 5.35. The van der Waals surface area contributed by atoms with Crippen LogP contribution in [-0.2, 0) is 16.0 Å². The molecule has 0 aromatic heterocycles. The van der Waals surface area contributed by atoms with E-state index in [1.807, 2.05) is 36.4 Å². The summed E-state index contributed by atoms with van der Waals surface area (Å²) in [6.45, 7) is 0.133. The molecule has 4 N–H and O–H groups in total. The fourth-order valence-electron chi connectivity index (χ4n) is 3.87. The normalized spacial score (nSPS) is 13.2. The van der Waals surface area contributed by atoms with Crippen LogP contribution >= 0.6 is 0 Å². The van der Waals surface area contributed by atoms with E-state index < -0.39 is 18.1 Å². The highest BCUT2D eigenvalue weighted by atomic mass is 16.5.